The smallest absolute Gasteiger partial charge is 0.201 e. The van der Waals surface area contributed by atoms with E-state index in [-0.39, 0.29) is 0 Å². The number of hydrogen-bond donors (Lipinski definition) is 2. The van der Waals surface area contributed by atoms with Gasteiger partial charge in [0.25, 0.3) is 0 Å². The summed E-state index contributed by atoms with van der Waals surface area (Å²) in [6, 6.07) is 2.88. The summed E-state index contributed by atoms with van der Waals surface area (Å²) in [6.07, 6.45) is 5.77. The Morgan fingerprint density at radius 1 is 0.846 bits per heavy atom. The number of nitrogens with one attached hydrogen (secondary N) is 2. The van der Waals surface area contributed by atoms with E-state index in [9.17, 15) is 0 Å². The van der Waals surface area contributed by atoms with Gasteiger partial charge in [0.2, 0.25) is 8.40 Å². The molecule has 1 aliphatic heterocycles. The van der Waals surface area contributed by atoms with Crippen molar-refractivity contribution < 1.29 is 0 Å². The lowest BCUT2D eigenvalue weighted by molar-refractivity contribution is 0.720. The van der Waals surface area contributed by atoms with Crippen LogP contribution in [-0.4, -0.2) is 21.5 Å². The molecule has 0 bridgehead atoms. The van der Waals surface area contributed by atoms with Crippen LogP contribution in [0.2, 0.25) is 12.1 Å². The molecule has 1 heterocycles. The minimum atomic E-state index is -1.23. The van der Waals surface area contributed by atoms with E-state index >= 15 is 0 Å². The Morgan fingerprint density at radius 2 is 1.31 bits per heavy atom. The Balaban J connectivity index is 2.50. The quantitative estimate of drug-likeness (QED) is 0.680. The maximum Gasteiger partial charge on any atom is 0.201 e. The van der Waals surface area contributed by atoms with Gasteiger partial charge in [-0.2, -0.15) is 0 Å². The third kappa shape index (κ3) is 3.41. The Hall–Kier alpha value is 0.137. The van der Waals surface area contributed by atoms with Crippen molar-refractivity contribution in [3.05, 3.63) is 0 Å². The fourth-order valence-electron chi connectivity index (χ4n) is 2.42. The summed E-state index contributed by atoms with van der Waals surface area (Å²) < 4.78 is 0. The minimum Gasteiger partial charge on any atom is -0.326 e. The fourth-order valence-corrected chi connectivity index (χ4v) is 6.57. The van der Waals surface area contributed by atoms with Gasteiger partial charge in [0.1, 0.15) is 0 Å². The van der Waals surface area contributed by atoms with Crippen LogP contribution in [0.25, 0.3) is 0 Å². The average molecular weight is 200 g/mol. The first-order valence-corrected chi connectivity index (χ1v) is 8.24. The molecule has 0 unspecified atom stereocenters. The lowest BCUT2D eigenvalue weighted by Crippen LogP contribution is -2.61. The van der Waals surface area contributed by atoms with Gasteiger partial charge >= 0.3 is 0 Å². The van der Waals surface area contributed by atoms with Crippen LogP contribution in [0.5, 0.6) is 0 Å². The van der Waals surface area contributed by atoms with Crippen LogP contribution in [0.1, 0.15) is 39.5 Å². The van der Waals surface area contributed by atoms with Gasteiger partial charge in [-0.3, -0.25) is 0 Å². The maximum atomic E-state index is 3.77. The van der Waals surface area contributed by atoms with Crippen molar-refractivity contribution in [1.29, 1.82) is 0 Å². The lowest BCUT2D eigenvalue weighted by Gasteiger charge is -2.31. The molecule has 0 atom stereocenters. The molecule has 13 heavy (non-hydrogen) atoms. The first kappa shape index (κ1) is 11.2. The monoisotopic (exact) mass is 200 g/mol. The van der Waals surface area contributed by atoms with Gasteiger partial charge < -0.3 is 9.96 Å². The highest BCUT2D eigenvalue weighted by molar-refractivity contribution is 6.75. The molecule has 1 fully saturated rings. The van der Waals surface area contributed by atoms with Crippen LogP contribution in [0.4, 0.5) is 0 Å². The van der Waals surface area contributed by atoms with E-state index in [0.717, 1.165) is 13.1 Å². The predicted molar refractivity (Wildman–Crippen MR) is 61.2 cm³/mol. The fraction of sp³-hybridized carbons (Fsp3) is 1.00. The topological polar surface area (TPSA) is 24.1 Å². The van der Waals surface area contributed by atoms with Crippen LogP contribution in [0.15, 0.2) is 0 Å². The second-order valence-corrected chi connectivity index (χ2v) is 7.93. The molecule has 1 aliphatic rings. The van der Waals surface area contributed by atoms with E-state index in [2.05, 4.69) is 23.8 Å². The first-order valence-electron chi connectivity index (χ1n) is 5.83. The zero-order valence-electron chi connectivity index (χ0n) is 9.16. The minimum absolute atomic E-state index is 1.14. The summed E-state index contributed by atoms with van der Waals surface area (Å²) in [5.41, 5.74) is 0. The highest BCUT2D eigenvalue weighted by atomic mass is 28.3. The van der Waals surface area contributed by atoms with Crippen molar-refractivity contribution in [2.75, 3.05) is 13.1 Å². The molecule has 0 amide bonds. The van der Waals surface area contributed by atoms with Gasteiger partial charge in [0.15, 0.2) is 0 Å². The van der Waals surface area contributed by atoms with Gasteiger partial charge in [-0.1, -0.05) is 39.5 Å². The van der Waals surface area contributed by atoms with Crippen molar-refractivity contribution in [3.8, 4) is 0 Å². The van der Waals surface area contributed by atoms with Crippen LogP contribution in [-0.2, 0) is 0 Å². The van der Waals surface area contributed by atoms with Crippen LogP contribution in [0, 0.1) is 0 Å². The molecule has 2 N–H and O–H groups in total. The Kier molecular flexibility index (Phi) is 4.99. The molecule has 2 nitrogen and oxygen atoms in total. The molecule has 0 aromatic carbocycles. The van der Waals surface area contributed by atoms with Gasteiger partial charge in [0.05, 0.1) is 0 Å². The summed E-state index contributed by atoms with van der Waals surface area (Å²) in [4.78, 5) is 7.53. The zero-order valence-corrected chi connectivity index (χ0v) is 10.2. The molecule has 0 aromatic heterocycles. The van der Waals surface area contributed by atoms with Gasteiger partial charge in [-0.25, -0.2) is 0 Å². The summed E-state index contributed by atoms with van der Waals surface area (Å²) in [7, 11) is -1.23. The van der Waals surface area contributed by atoms with Crippen molar-refractivity contribution in [1.82, 2.24) is 9.96 Å². The third-order valence-electron chi connectivity index (χ3n) is 2.99. The van der Waals surface area contributed by atoms with E-state index in [0.29, 0.717) is 0 Å². The molecule has 1 saturated heterocycles. The molecule has 1 rings (SSSR count). The van der Waals surface area contributed by atoms with Crippen LogP contribution >= 0.6 is 0 Å². The highest BCUT2D eigenvalue weighted by Crippen LogP contribution is 2.23. The van der Waals surface area contributed by atoms with Crippen molar-refractivity contribution in [3.63, 3.8) is 0 Å². The summed E-state index contributed by atoms with van der Waals surface area (Å²) in [5.74, 6) is 0. The molecular formula is C10H24N2Si. The van der Waals surface area contributed by atoms with Crippen molar-refractivity contribution in [2.45, 2.75) is 51.6 Å². The summed E-state index contributed by atoms with van der Waals surface area (Å²) in [6.45, 7) is 6.74. The standard InChI is InChI=1S/C10H24N2Si/c1-3-11-13(12-4-2)9-7-5-6-8-10-13/h11-12H,3-10H2,1-2H3. The van der Waals surface area contributed by atoms with Gasteiger partial charge in [0, 0.05) is 0 Å². The normalized spacial score (nSPS) is 22.6. The Bertz CT molecular complexity index is 123. The zero-order chi connectivity index (χ0) is 9.57. The molecule has 0 aliphatic carbocycles. The molecule has 0 saturated carbocycles. The van der Waals surface area contributed by atoms with E-state index in [1.807, 2.05) is 0 Å². The van der Waals surface area contributed by atoms with Crippen LogP contribution < -0.4 is 9.96 Å². The van der Waals surface area contributed by atoms with E-state index < -0.39 is 8.40 Å². The number of rotatable bonds is 4. The molecule has 0 radical (unpaired) electrons. The van der Waals surface area contributed by atoms with Gasteiger partial charge in [-0.15, -0.1) is 0 Å². The van der Waals surface area contributed by atoms with E-state index in [1.165, 1.54) is 37.8 Å². The van der Waals surface area contributed by atoms with Crippen molar-refractivity contribution >= 4 is 8.40 Å². The predicted octanol–water partition coefficient (Wildman–Crippen LogP) is 2.22. The third-order valence-corrected chi connectivity index (χ3v) is 7.46. The summed E-state index contributed by atoms with van der Waals surface area (Å²) in [5, 5.41) is 0. The average Bonchev–Trinajstić information content (AvgIpc) is 2.32. The molecule has 78 valence electrons. The second-order valence-electron chi connectivity index (χ2n) is 4.06. The van der Waals surface area contributed by atoms with Crippen molar-refractivity contribution in [2.24, 2.45) is 0 Å². The highest BCUT2D eigenvalue weighted by Gasteiger charge is 2.32. The number of hydrogen-bond acceptors (Lipinski definition) is 2. The lowest BCUT2D eigenvalue weighted by atomic mass is 10.2. The Labute approximate surface area is 83.7 Å². The van der Waals surface area contributed by atoms with E-state index in [4.69, 9.17) is 0 Å². The summed E-state index contributed by atoms with van der Waals surface area (Å²) >= 11 is 0. The molecule has 0 spiro atoms. The second kappa shape index (κ2) is 5.78. The largest absolute Gasteiger partial charge is 0.326 e. The SMILES string of the molecule is CCN[Si]1(NCC)CCCCCC1. The van der Waals surface area contributed by atoms with E-state index in [1.54, 1.807) is 0 Å². The van der Waals surface area contributed by atoms with Crippen LogP contribution in [0.3, 0.4) is 0 Å². The molecular weight excluding hydrogens is 176 g/mol. The Morgan fingerprint density at radius 3 is 1.69 bits per heavy atom. The first-order chi connectivity index (χ1) is 6.33. The maximum absolute atomic E-state index is 3.77. The molecule has 0 aromatic rings. The van der Waals surface area contributed by atoms with Gasteiger partial charge in [-0.05, 0) is 25.2 Å². The molecule has 3 heteroatoms.